The van der Waals surface area contributed by atoms with Crippen molar-refractivity contribution in [2.24, 2.45) is 23.5 Å². The van der Waals surface area contributed by atoms with E-state index >= 15 is 0 Å². The molecule has 0 aromatic rings. The zero-order valence-corrected chi connectivity index (χ0v) is 12.0. The van der Waals surface area contributed by atoms with Gasteiger partial charge in [0.15, 0.2) is 0 Å². The second-order valence-corrected chi connectivity index (χ2v) is 6.12. The predicted molar refractivity (Wildman–Crippen MR) is 74.2 cm³/mol. The van der Waals surface area contributed by atoms with Crippen LogP contribution >= 0.6 is 0 Å². The van der Waals surface area contributed by atoms with Crippen molar-refractivity contribution >= 4 is 5.97 Å². The molecule has 1 aliphatic carbocycles. The molecule has 1 rings (SSSR count). The van der Waals surface area contributed by atoms with E-state index < -0.39 is 0 Å². The van der Waals surface area contributed by atoms with Crippen molar-refractivity contribution in [1.29, 1.82) is 0 Å². The van der Waals surface area contributed by atoms with E-state index in [-0.39, 0.29) is 11.9 Å². The predicted octanol–water partition coefficient (Wildman–Crippen LogP) is 3.12. The highest BCUT2D eigenvalue weighted by molar-refractivity contribution is 5.69. The Labute approximate surface area is 111 Å². The van der Waals surface area contributed by atoms with E-state index in [1.165, 1.54) is 32.1 Å². The summed E-state index contributed by atoms with van der Waals surface area (Å²) in [5, 5.41) is 0. The molecule has 0 aliphatic heterocycles. The maximum atomic E-state index is 11.8. The molecule has 0 bridgehead atoms. The van der Waals surface area contributed by atoms with Crippen molar-refractivity contribution in [2.75, 3.05) is 13.2 Å². The van der Waals surface area contributed by atoms with Crippen molar-refractivity contribution in [3.63, 3.8) is 0 Å². The van der Waals surface area contributed by atoms with E-state index in [9.17, 15) is 4.79 Å². The molecular formula is C15H29NO2. The molecule has 2 N–H and O–H groups in total. The number of carbonyl (C=O) groups excluding carboxylic acids is 1. The zero-order valence-electron chi connectivity index (χ0n) is 12.0. The number of nitrogens with two attached hydrogens (primary N) is 1. The SMILES string of the molecule is CC(C)CC(CN)CC(=O)OCC1CCCCC1. The van der Waals surface area contributed by atoms with Gasteiger partial charge >= 0.3 is 5.97 Å². The van der Waals surface area contributed by atoms with Gasteiger partial charge in [-0.25, -0.2) is 0 Å². The van der Waals surface area contributed by atoms with Gasteiger partial charge in [-0.05, 0) is 43.6 Å². The fourth-order valence-electron chi connectivity index (χ4n) is 2.79. The summed E-state index contributed by atoms with van der Waals surface area (Å²) in [7, 11) is 0. The van der Waals surface area contributed by atoms with Crippen LogP contribution in [0.3, 0.4) is 0 Å². The van der Waals surface area contributed by atoms with Crippen LogP contribution in [0.15, 0.2) is 0 Å². The quantitative estimate of drug-likeness (QED) is 0.711. The summed E-state index contributed by atoms with van der Waals surface area (Å²) in [6.07, 6.45) is 7.87. The molecule has 1 fully saturated rings. The second kappa shape index (κ2) is 8.52. The number of rotatable bonds is 7. The smallest absolute Gasteiger partial charge is 0.306 e. The number of hydrogen-bond donors (Lipinski definition) is 1. The first-order valence-corrected chi connectivity index (χ1v) is 7.47. The van der Waals surface area contributed by atoms with E-state index in [0.717, 1.165) is 6.42 Å². The Hall–Kier alpha value is -0.570. The zero-order chi connectivity index (χ0) is 13.4. The standard InChI is InChI=1S/C15H29NO2/c1-12(2)8-14(10-16)9-15(17)18-11-13-6-4-3-5-7-13/h12-14H,3-11,16H2,1-2H3. The van der Waals surface area contributed by atoms with Crippen molar-refractivity contribution in [3.05, 3.63) is 0 Å². The van der Waals surface area contributed by atoms with Gasteiger partial charge in [0, 0.05) is 6.42 Å². The highest BCUT2D eigenvalue weighted by atomic mass is 16.5. The summed E-state index contributed by atoms with van der Waals surface area (Å²) in [6, 6.07) is 0. The van der Waals surface area contributed by atoms with Crippen LogP contribution in [0.5, 0.6) is 0 Å². The van der Waals surface area contributed by atoms with Gasteiger partial charge < -0.3 is 10.5 Å². The third-order valence-corrected chi connectivity index (χ3v) is 3.80. The second-order valence-electron chi connectivity index (χ2n) is 6.12. The molecule has 1 atom stereocenters. The number of carbonyl (C=O) groups is 1. The molecule has 0 saturated heterocycles. The normalized spacial score (nSPS) is 18.9. The Kier molecular flexibility index (Phi) is 7.33. The van der Waals surface area contributed by atoms with Crippen LogP contribution in [0.2, 0.25) is 0 Å². The van der Waals surface area contributed by atoms with E-state index in [4.69, 9.17) is 10.5 Å². The molecule has 18 heavy (non-hydrogen) atoms. The minimum atomic E-state index is -0.0586. The number of ether oxygens (including phenoxy) is 1. The lowest BCUT2D eigenvalue weighted by molar-refractivity contribution is -0.146. The molecular weight excluding hydrogens is 226 g/mol. The van der Waals surface area contributed by atoms with E-state index in [2.05, 4.69) is 13.8 Å². The Morgan fingerprint density at radius 3 is 2.50 bits per heavy atom. The van der Waals surface area contributed by atoms with Crippen molar-refractivity contribution in [3.8, 4) is 0 Å². The lowest BCUT2D eigenvalue weighted by Crippen LogP contribution is -2.23. The molecule has 3 nitrogen and oxygen atoms in total. The van der Waals surface area contributed by atoms with Gasteiger partial charge in [-0.2, -0.15) is 0 Å². The first-order chi connectivity index (χ1) is 8.61. The van der Waals surface area contributed by atoms with Gasteiger partial charge in [-0.3, -0.25) is 4.79 Å². The molecule has 0 heterocycles. The number of esters is 1. The fraction of sp³-hybridized carbons (Fsp3) is 0.933. The van der Waals surface area contributed by atoms with E-state index in [0.29, 0.717) is 31.4 Å². The summed E-state index contributed by atoms with van der Waals surface area (Å²) < 4.78 is 5.40. The van der Waals surface area contributed by atoms with Gasteiger partial charge in [0.2, 0.25) is 0 Å². The average molecular weight is 255 g/mol. The van der Waals surface area contributed by atoms with Gasteiger partial charge in [0.1, 0.15) is 0 Å². The van der Waals surface area contributed by atoms with Crippen LogP contribution in [-0.4, -0.2) is 19.1 Å². The van der Waals surface area contributed by atoms with Gasteiger partial charge in [-0.15, -0.1) is 0 Å². The van der Waals surface area contributed by atoms with Crippen LogP contribution in [-0.2, 0) is 9.53 Å². The van der Waals surface area contributed by atoms with Crippen LogP contribution < -0.4 is 5.73 Å². The summed E-state index contributed by atoms with van der Waals surface area (Å²) in [5.41, 5.74) is 5.70. The van der Waals surface area contributed by atoms with Crippen molar-refractivity contribution in [1.82, 2.24) is 0 Å². The van der Waals surface area contributed by atoms with E-state index in [1.54, 1.807) is 0 Å². The molecule has 1 aliphatic rings. The Morgan fingerprint density at radius 1 is 1.28 bits per heavy atom. The first-order valence-electron chi connectivity index (χ1n) is 7.47. The maximum absolute atomic E-state index is 11.8. The molecule has 0 spiro atoms. The molecule has 0 radical (unpaired) electrons. The number of hydrogen-bond acceptors (Lipinski definition) is 3. The minimum Gasteiger partial charge on any atom is -0.465 e. The first kappa shape index (κ1) is 15.5. The molecule has 1 saturated carbocycles. The van der Waals surface area contributed by atoms with Gasteiger partial charge in [0.05, 0.1) is 6.61 Å². The molecule has 1 unspecified atom stereocenters. The third-order valence-electron chi connectivity index (χ3n) is 3.80. The maximum Gasteiger partial charge on any atom is 0.306 e. The Balaban J connectivity index is 2.18. The Morgan fingerprint density at radius 2 is 1.94 bits per heavy atom. The van der Waals surface area contributed by atoms with Crippen LogP contribution in [0.1, 0.15) is 58.8 Å². The van der Waals surface area contributed by atoms with Crippen molar-refractivity contribution < 1.29 is 9.53 Å². The molecule has 0 amide bonds. The molecule has 0 aromatic heterocycles. The highest BCUT2D eigenvalue weighted by Crippen LogP contribution is 2.24. The molecule has 3 heteroatoms. The van der Waals surface area contributed by atoms with E-state index in [1.807, 2.05) is 0 Å². The fourth-order valence-corrected chi connectivity index (χ4v) is 2.79. The lowest BCUT2D eigenvalue weighted by Gasteiger charge is -2.22. The van der Waals surface area contributed by atoms with Crippen molar-refractivity contribution in [2.45, 2.75) is 58.8 Å². The Bertz CT molecular complexity index is 235. The van der Waals surface area contributed by atoms with Gasteiger partial charge in [0.25, 0.3) is 0 Å². The summed E-state index contributed by atoms with van der Waals surface area (Å²) >= 11 is 0. The van der Waals surface area contributed by atoms with Gasteiger partial charge in [-0.1, -0.05) is 33.1 Å². The minimum absolute atomic E-state index is 0.0586. The van der Waals surface area contributed by atoms with Crippen LogP contribution in [0.4, 0.5) is 0 Å². The summed E-state index contributed by atoms with van der Waals surface area (Å²) in [4.78, 5) is 11.8. The average Bonchev–Trinajstić information content (AvgIpc) is 2.36. The summed E-state index contributed by atoms with van der Waals surface area (Å²) in [6.45, 7) is 5.53. The molecule has 0 aromatic carbocycles. The monoisotopic (exact) mass is 255 g/mol. The topological polar surface area (TPSA) is 52.3 Å². The molecule has 106 valence electrons. The van der Waals surface area contributed by atoms with Crippen LogP contribution in [0.25, 0.3) is 0 Å². The summed E-state index contributed by atoms with van der Waals surface area (Å²) in [5.74, 6) is 1.41. The third kappa shape index (κ3) is 6.39. The largest absolute Gasteiger partial charge is 0.465 e. The van der Waals surface area contributed by atoms with Crippen LogP contribution in [0, 0.1) is 17.8 Å². The highest BCUT2D eigenvalue weighted by Gasteiger charge is 2.18. The lowest BCUT2D eigenvalue weighted by atomic mass is 9.90.